The Kier molecular flexibility index (Phi) is 10.1. The maximum atomic E-state index is 12.8. The second-order valence-corrected chi connectivity index (χ2v) is 11.1. The number of rotatable bonds is 6. The summed E-state index contributed by atoms with van der Waals surface area (Å²) in [7, 11) is 5.38. The molecule has 226 valence electrons. The van der Waals surface area contributed by atoms with E-state index in [2.05, 4.69) is 29.4 Å². The van der Waals surface area contributed by atoms with Crippen LogP contribution in [-0.4, -0.2) is 74.0 Å². The molecule has 14 heteroatoms. The molecule has 3 unspecified atom stereocenters. The first-order valence-electron chi connectivity index (χ1n) is 12.5. The van der Waals surface area contributed by atoms with E-state index in [4.69, 9.17) is 19.4 Å². The van der Waals surface area contributed by atoms with Crippen molar-refractivity contribution in [3.8, 4) is 11.5 Å². The van der Waals surface area contributed by atoms with Crippen molar-refractivity contribution < 1.29 is 50.5 Å². The number of methoxy groups -OCH3 is 2. The molecule has 3 atom stereocenters. The number of carboxylic acid groups (broad SMARTS) is 1. The summed E-state index contributed by atoms with van der Waals surface area (Å²) in [5.41, 5.74) is -2.78. The van der Waals surface area contributed by atoms with Gasteiger partial charge < -0.3 is 24.8 Å². The van der Waals surface area contributed by atoms with Crippen LogP contribution in [0.25, 0.3) is 0 Å². The van der Waals surface area contributed by atoms with Crippen LogP contribution in [-0.2, 0) is 10.2 Å². The van der Waals surface area contributed by atoms with E-state index in [9.17, 15) is 31.1 Å². The molecule has 1 amide bonds. The van der Waals surface area contributed by atoms with Crippen molar-refractivity contribution in [2.75, 3.05) is 34.4 Å². The highest BCUT2D eigenvalue weighted by atomic mass is 32.2. The van der Waals surface area contributed by atoms with Gasteiger partial charge in [0.15, 0.2) is 11.5 Å². The highest BCUT2D eigenvalue weighted by Gasteiger charge is 2.50. The molecule has 4 rings (SSSR count). The van der Waals surface area contributed by atoms with Crippen molar-refractivity contribution in [2.24, 2.45) is 5.92 Å². The minimum absolute atomic E-state index is 0.0153. The summed E-state index contributed by atoms with van der Waals surface area (Å²) in [6.45, 7) is 1.87. The quantitative estimate of drug-likeness (QED) is 0.320. The van der Waals surface area contributed by atoms with Crippen LogP contribution >= 0.6 is 11.8 Å². The molecule has 7 nitrogen and oxygen atoms in total. The van der Waals surface area contributed by atoms with Gasteiger partial charge in [-0.15, -0.1) is 0 Å². The molecule has 0 aromatic heterocycles. The van der Waals surface area contributed by atoms with Gasteiger partial charge in [0.1, 0.15) is 0 Å². The van der Waals surface area contributed by atoms with Gasteiger partial charge in [-0.3, -0.25) is 4.79 Å². The maximum Gasteiger partial charge on any atom is 0.490 e. The van der Waals surface area contributed by atoms with Gasteiger partial charge >= 0.3 is 17.7 Å². The lowest BCUT2D eigenvalue weighted by Gasteiger charge is -2.43. The normalized spacial score (nSPS) is 22.7. The molecule has 41 heavy (non-hydrogen) atoms. The van der Waals surface area contributed by atoms with Gasteiger partial charge in [-0.25, -0.2) is 4.79 Å². The third-order valence-corrected chi connectivity index (χ3v) is 8.00. The topological polar surface area (TPSA) is 88.1 Å². The first-order valence-corrected chi connectivity index (χ1v) is 13.3. The Balaban J connectivity index is 0.000000587. The predicted octanol–water partition coefficient (Wildman–Crippen LogP) is 5.73. The molecule has 2 aromatic carbocycles. The first-order chi connectivity index (χ1) is 19.1. The number of amides is 1. The number of likely N-dealkylation sites (tertiary alicyclic amines) is 1. The molecule has 2 aromatic rings. The third-order valence-electron chi connectivity index (χ3n) is 7.26. The lowest BCUT2D eigenvalue weighted by Crippen LogP contribution is -2.47. The number of hydrogen-bond donors (Lipinski definition) is 2. The molecule has 0 radical (unpaired) electrons. The summed E-state index contributed by atoms with van der Waals surface area (Å²) in [5, 5.41) is 10.2. The highest BCUT2D eigenvalue weighted by Crippen LogP contribution is 2.49. The van der Waals surface area contributed by atoms with E-state index in [-0.39, 0.29) is 34.0 Å². The average molecular weight is 609 g/mol. The molecular weight excluding hydrogens is 578 g/mol. The second kappa shape index (κ2) is 12.8. The Morgan fingerprint density at radius 2 is 1.63 bits per heavy atom. The Labute approximate surface area is 237 Å². The molecule has 0 spiro atoms. The summed E-state index contributed by atoms with van der Waals surface area (Å²) in [6.07, 6.45) is -2.50. The number of likely N-dealkylation sites (N-methyl/N-ethyl adjacent to an activating group) is 1. The molecule has 1 saturated carbocycles. The van der Waals surface area contributed by atoms with Gasteiger partial charge in [0, 0.05) is 35.0 Å². The monoisotopic (exact) mass is 608 g/mol. The van der Waals surface area contributed by atoms with Crippen LogP contribution < -0.4 is 14.8 Å². The summed E-state index contributed by atoms with van der Waals surface area (Å²) >= 11 is -0.183. The fourth-order valence-corrected chi connectivity index (χ4v) is 6.07. The number of alkyl halides is 6. The number of halogens is 6. The third kappa shape index (κ3) is 8.22. The van der Waals surface area contributed by atoms with Crippen molar-refractivity contribution in [1.82, 2.24) is 10.2 Å². The standard InChI is InChI=1S/C25H29F3N2O3S.C2HF3O2/c1-30-14-18-12-19(29-23(31)16-4-7-20(8-5-16)34-25(26,27)28)10-11-24(18,15-30)17-6-9-21(32-2)22(13-17)33-3;3-2(4,5)1(6)7/h4-9,13,18-19H,10-12,14-15H2,1-3H3,(H,29,31);(H,6,7). The number of benzene rings is 2. The van der Waals surface area contributed by atoms with E-state index in [0.717, 1.165) is 32.4 Å². The van der Waals surface area contributed by atoms with E-state index in [1.54, 1.807) is 14.2 Å². The zero-order valence-electron chi connectivity index (χ0n) is 22.4. The van der Waals surface area contributed by atoms with E-state index >= 15 is 0 Å². The van der Waals surface area contributed by atoms with Crippen LogP contribution in [0.15, 0.2) is 47.4 Å². The van der Waals surface area contributed by atoms with Crippen LogP contribution in [0.4, 0.5) is 26.3 Å². The number of carbonyl (C=O) groups is 2. The number of aliphatic carboxylic acids is 1. The Hall–Kier alpha value is -3.13. The molecule has 2 fully saturated rings. The average Bonchev–Trinajstić information content (AvgIpc) is 3.23. The van der Waals surface area contributed by atoms with Crippen molar-refractivity contribution >= 4 is 23.6 Å². The van der Waals surface area contributed by atoms with E-state index in [1.165, 1.54) is 29.8 Å². The zero-order chi connectivity index (χ0) is 30.6. The molecular formula is C27H30F6N2O5S. The first kappa shape index (κ1) is 32.4. The Morgan fingerprint density at radius 3 is 2.17 bits per heavy atom. The second-order valence-electron chi connectivity index (χ2n) is 9.94. The number of nitrogens with one attached hydrogen (secondary N) is 1. The van der Waals surface area contributed by atoms with Crippen LogP contribution in [0.5, 0.6) is 11.5 Å². The SMILES string of the molecule is COc1ccc(C23CCC(NC(=O)c4ccc(SC(F)(F)F)cc4)CC2CN(C)C3)cc1OC.O=C(O)C(F)(F)F. The number of carbonyl (C=O) groups excluding carboxylic acids is 1. The van der Waals surface area contributed by atoms with Gasteiger partial charge in [0.2, 0.25) is 0 Å². The number of thioether (sulfide) groups is 1. The molecule has 2 aliphatic rings. The van der Waals surface area contributed by atoms with E-state index in [1.807, 2.05) is 6.07 Å². The number of ether oxygens (including phenoxy) is 2. The molecule has 1 saturated heterocycles. The Bertz CT molecular complexity index is 1220. The summed E-state index contributed by atoms with van der Waals surface area (Å²) in [6, 6.07) is 11.7. The smallest absolute Gasteiger partial charge is 0.490 e. The van der Waals surface area contributed by atoms with Crippen LogP contribution in [0, 0.1) is 5.92 Å². The number of fused-ring (bicyclic) bond motifs is 1. The predicted molar refractivity (Wildman–Crippen MR) is 139 cm³/mol. The van der Waals surface area contributed by atoms with E-state index in [0.29, 0.717) is 23.0 Å². The van der Waals surface area contributed by atoms with Gasteiger partial charge in [0.05, 0.1) is 14.2 Å². The molecule has 2 N–H and O–H groups in total. The van der Waals surface area contributed by atoms with Crippen LogP contribution in [0.1, 0.15) is 35.2 Å². The van der Waals surface area contributed by atoms with Gasteiger partial charge in [0.25, 0.3) is 5.91 Å². The van der Waals surface area contributed by atoms with Crippen LogP contribution in [0.2, 0.25) is 0 Å². The minimum atomic E-state index is -5.08. The molecule has 1 heterocycles. The van der Waals surface area contributed by atoms with Gasteiger partial charge in [-0.05, 0) is 86.0 Å². The minimum Gasteiger partial charge on any atom is -0.493 e. The number of nitrogens with zero attached hydrogens (tertiary/aromatic N) is 1. The van der Waals surface area contributed by atoms with Crippen LogP contribution in [0.3, 0.4) is 0 Å². The van der Waals surface area contributed by atoms with Crippen molar-refractivity contribution in [3.05, 3.63) is 53.6 Å². The fourth-order valence-electron chi connectivity index (χ4n) is 5.53. The van der Waals surface area contributed by atoms with Crippen molar-refractivity contribution in [1.29, 1.82) is 0 Å². The number of hydrogen-bond acceptors (Lipinski definition) is 6. The largest absolute Gasteiger partial charge is 0.493 e. The molecule has 0 bridgehead atoms. The summed E-state index contributed by atoms with van der Waals surface area (Å²) in [4.78, 5) is 24.1. The lowest BCUT2D eigenvalue weighted by atomic mass is 9.63. The zero-order valence-corrected chi connectivity index (χ0v) is 23.3. The summed E-state index contributed by atoms with van der Waals surface area (Å²) in [5.74, 6) is -1.23. The molecule has 1 aliphatic heterocycles. The maximum absolute atomic E-state index is 12.8. The Morgan fingerprint density at radius 1 is 1.02 bits per heavy atom. The molecule has 1 aliphatic carbocycles. The van der Waals surface area contributed by atoms with Crippen molar-refractivity contribution in [2.45, 2.75) is 47.3 Å². The summed E-state index contributed by atoms with van der Waals surface area (Å²) < 4.78 is 80.3. The lowest BCUT2D eigenvalue weighted by molar-refractivity contribution is -0.192. The fraction of sp³-hybridized carbons (Fsp3) is 0.481. The van der Waals surface area contributed by atoms with Crippen molar-refractivity contribution in [3.63, 3.8) is 0 Å². The van der Waals surface area contributed by atoms with E-state index < -0.39 is 17.7 Å². The number of carboxylic acids is 1. The highest BCUT2D eigenvalue weighted by molar-refractivity contribution is 8.00. The van der Waals surface area contributed by atoms with Gasteiger partial charge in [-0.1, -0.05) is 6.07 Å². The van der Waals surface area contributed by atoms with Gasteiger partial charge in [-0.2, -0.15) is 26.3 Å².